The number of nitrogens with zero attached hydrogens (tertiary/aromatic N) is 3. The molecule has 1 aromatic carbocycles. The van der Waals surface area contributed by atoms with Gasteiger partial charge in [-0.1, -0.05) is 17.3 Å². The Labute approximate surface area is 167 Å². The topological polar surface area (TPSA) is 68.5 Å². The highest BCUT2D eigenvalue weighted by Crippen LogP contribution is 2.24. The van der Waals surface area contributed by atoms with Gasteiger partial charge in [0.2, 0.25) is 11.8 Å². The molecule has 1 aromatic heterocycles. The van der Waals surface area contributed by atoms with Gasteiger partial charge in [0, 0.05) is 25.9 Å². The number of hydrogen-bond acceptors (Lipinski definition) is 5. The summed E-state index contributed by atoms with van der Waals surface area (Å²) < 4.78 is 10.6. The molecule has 0 N–H and O–H groups in total. The molecule has 152 valence electrons. The summed E-state index contributed by atoms with van der Waals surface area (Å²) in [5.74, 6) is 3.16. The molecule has 1 fully saturated rings. The van der Waals surface area contributed by atoms with Crippen molar-refractivity contribution in [1.82, 2.24) is 15.0 Å². The first kappa shape index (κ1) is 20.4. The monoisotopic (exact) mass is 385 g/mol. The van der Waals surface area contributed by atoms with Crippen molar-refractivity contribution in [3.8, 4) is 5.75 Å². The van der Waals surface area contributed by atoms with Gasteiger partial charge in [0.25, 0.3) is 0 Å². The Morgan fingerprint density at radius 1 is 1.21 bits per heavy atom. The molecule has 6 heteroatoms. The van der Waals surface area contributed by atoms with Crippen molar-refractivity contribution in [2.75, 3.05) is 19.7 Å². The summed E-state index contributed by atoms with van der Waals surface area (Å²) in [6.07, 6.45) is 6.47. The van der Waals surface area contributed by atoms with Gasteiger partial charge in [0.05, 0.1) is 6.61 Å². The van der Waals surface area contributed by atoms with E-state index >= 15 is 0 Å². The van der Waals surface area contributed by atoms with Gasteiger partial charge in [0.1, 0.15) is 5.75 Å². The van der Waals surface area contributed by atoms with Gasteiger partial charge in [-0.3, -0.25) is 4.79 Å². The first-order valence-electron chi connectivity index (χ1n) is 10.4. The maximum atomic E-state index is 12.4. The predicted molar refractivity (Wildman–Crippen MR) is 107 cm³/mol. The van der Waals surface area contributed by atoms with E-state index in [1.165, 1.54) is 12.0 Å². The summed E-state index contributed by atoms with van der Waals surface area (Å²) in [5, 5.41) is 3.78. The van der Waals surface area contributed by atoms with Gasteiger partial charge < -0.3 is 14.2 Å². The van der Waals surface area contributed by atoms with Crippen LogP contribution in [0, 0.1) is 12.8 Å². The number of ether oxygens (including phenoxy) is 1. The van der Waals surface area contributed by atoms with Crippen LogP contribution >= 0.6 is 0 Å². The number of amides is 1. The highest BCUT2D eigenvalue weighted by atomic mass is 16.5. The van der Waals surface area contributed by atoms with Crippen molar-refractivity contribution < 1.29 is 14.1 Å². The number of hydrogen-bond donors (Lipinski definition) is 0. The molecule has 2 aromatic rings. The molecule has 6 nitrogen and oxygen atoms in total. The SMILES string of the molecule is CCOc1ccc(CCC2CCN(C(=O)CCCc3nc(C)no3)CC2)cc1. The Kier molecular flexibility index (Phi) is 7.46. The Hall–Kier alpha value is -2.37. The van der Waals surface area contributed by atoms with Crippen LogP contribution in [0.5, 0.6) is 5.75 Å². The third-order valence-corrected chi connectivity index (χ3v) is 5.39. The van der Waals surface area contributed by atoms with E-state index in [4.69, 9.17) is 9.26 Å². The lowest BCUT2D eigenvalue weighted by atomic mass is 9.90. The third kappa shape index (κ3) is 6.08. The maximum Gasteiger partial charge on any atom is 0.226 e. The zero-order chi connectivity index (χ0) is 19.8. The minimum Gasteiger partial charge on any atom is -0.494 e. The van der Waals surface area contributed by atoms with Crippen molar-refractivity contribution in [2.24, 2.45) is 5.92 Å². The molecule has 1 aliphatic heterocycles. The molecule has 1 saturated heterocycles. The Morgan fingerprint density at radius 2 is 1.96 bits per heavy atom. The van der Waals surface area contributed by atoms with Gasteiger partial charge in [-0.05, 0) is 69.6 Å². The predicted octanol–water partition coefficient (Wildman–Crippen LogP) is 3.97. The zero-order valence-corrected chi connectivity index (χ0v) is 17.0. The van der Waals surface area contributed by atoms with E-state index in [0.29, 0.717) is 37.1 Å². The van der Waals surface area contributed by atoms with Crippen LogP contribution in [-0.4, -0.2) is 40.6 Å². The molecule has 28 heavy (non-hydrogen) atoms. The van der Waals surface area contributed by atoms with E-state index in [-0.39, 0.29) is 5.91 Å². The average molecular weight is 386 g/mol. The number of likely N-dealkylation sites (tertiary alicyclic amines) is 1. The van der Waals surface area contributed by atoms with Crippen LogP contribution in [0.25, 0.3) is 0 Å². The van der Waals surface area contributed by atoms with E-state index in [1.54, 1.807) is 6.92 Å². The second-order valence-corrected chi connectivity index (χ2v) is 7.53. The quantitative estimate of drug-likeness (QED) is 0.653. The molecule has 1 amide bonds. The fourth-order valence-corrected chi connectivity index (χ4v) is 3.75. The van der Waals surface area contributed by atoms with Gasteiger partial charge in [-0.2, -0.15) is 4.98 Å². The largest absolute Gasteiger partial charge is 0.494 e. The molecular weight excluding hydrogens is 354 g/mol. The van der Waals surface area contributed by atoms with E-state index < -0.39 is 0 Å². The Balaban J connectivity index is 1.32. The molecule has 3 rings (SSSR count). The zero-order valence-electron chi connectivity index (χ0n) is 17.0. The number of aromatic nitrogens is 2. The summed E-state index contributed by atoms with van der Waals surface area (Å²) in [5.41, 5.74) is 1.36. The van der Waals surface area contributed by atoms with Crippen molar-refractivity contribution in [1.29, 1.82) is 0 Å². The molecule has 1 aliphatic rings. The van der Waals surface area contributed by atoms with E-state index in [9.17, 15) is 4.79 Å². The van der Waals surface area contributed by atoms with Crippen molar-refractivity contribution in [2.45, 2.75) is 58.8 Å². The molecule has 2 heterocycles. The number of carbonyl (C=O) groups is 1. The number of piperidine rings is 1. The normalized spacial score (nSPS) is 15.0. The van der Waals surface area contributed by atoms with Gasteiger partial charge in [-0.25, -0.2) is 0 Å². The number of rotatable bonds is 9. The summed E-state index contributed by atoms with van der Waals surface area (Å²) in [4.78, 5) is 18.6. The smallest absolute Gasteiger partial charge is 0.226 e. The van der Waals surface area contributed by atoms with Crippen LogP contribution in [0.1, 0.15) is 56.3 Å². The fraction of sp³-hybridized carbons (Fsp3) is 0.591. The molecule has 0 aliphatic carbocycles. The molecule has 0 spiro atoms. The van der Waals surface area contributed by atoms with Crippen molar-refractivity contribution >= 4 is 5.91 Å². The van der Waals surface area contributed by atoms with Gasteiger partial charge in [0.15, 0.2) is 5.82 Å². The Morgan fingerprint density at radius 3 is 2.61 bits per heavy atom. The second kappa shape index (κ2) is 10.2. The summed E-state index contributed by atoms with van der Waals surface area (Å²) >= 11 is 0. The lowest BCUT2D eigenvalue weighted by Gasteiger charge is -2.32. The highest BCUT2D eigenvalue weighted by molar-refractivity contribution is 5.76. The molecule has 0 atom stereocenters. The highest BCUT2D eigenvalue weighted by Gasteiger charge is 2.22. The minimum absolute atomic E-state index is 0.251. The van der Waals surface area contributed by atoms with Crippen LogP contribution in [0.15, 0.2) is 28.8 Å². The second-order valence-electron chi connectivity index (χ2n) is 7.53. The third-order valence-electron chi connectivity index (χ3n) is 5.39. The first-order valence-corrected chi connectivity index (χ1v) is 10.4. The van der Waals surface area contributed by atoms with Crippen LogP contribution in [0.4, 0.5) is 0 Å². The first-order chi connectivity index (χ1) is 13.6. The van der Waals surface area contributed by atoms with E-state index in [1.807, 2.05) is 11.8 Å². The van der Waals surface area contributed by atoms with Crippen LogP contribution in [0.2, 0.25) is 0 Å². The van der Waals surface area contributed by atoms with Crippen LogP contribution in [-0.2, 0) is 17.6 Å². The van der Waals surface area contributed by atoms with Gasteiger partial charge >= 0.3 is 0 Å². The molecule has 0 bridgehead atoms. The minimum atomic E-state index is 0.251. The summed E-state index contributed by atoms with van der Waals surface area (Å²) in [6, 6.07) is 8.43. The van der Waals surface area contributed by atoms with Crippen molar-refractivity contribution in [3.05, 3.63) is 41.5 Å². The molecule has 0 unspecified atom stereocenters. The number of aryl methyl sites for hydroxylation is 3. The van der Waals surface area contributed by atoms with Crippen LogP contribution < -0.4 is 4.74 Å². The van der Waals surface area contributed by atoms with Crippen molar-refractivity contribution in [3.63, 3.8) is 0 Å². The fourth-order valence-electron chi connectivity index (χ4n) is 3.75. The molecular formula is C22H31N3O3. The van der Waals surface area contributed by atoms with E-state index in [0.717, 1.165) is 44.5 Å². The summed E-state index contributed by atoms with van der Waals surface area (Å²) in [7, 11) is 0. The number of benzene rings is 1. The Bertz CT molecular complexity index is 734. The average Bonchev–Trinajstić information content (AvgIpc) is 3.13. The lowest BCUT2D eigenvalue weighted by Crippen LogP contribution is -2.38. The molecule has 0 saturated carbocycles. The van der Waals surface area contributed by atoms with Crippen LogP contribution in [0.3, 0.4) is 0 Å². The molecule has 0 radical (unpaired) electrons. The lowest BCUT2D eigenvalue weighted by molar-refractivity contribution is -0.132. The number of carbonyl (C=O) groups excluding carboxylic acids is 1. The maximum absolute atomic E-state index is 12.4. The van der Waals surface area contributed by atoms with E-state index in [2.05, 4.69) is 34.4 Å². The standard InChI is InChI=1S/C22H31N3O3/c1-3-27-20-11-9-18(10-12-20)7-8-19-13-15-25(16-14-19)22(26)6-4-5-21-23-17(2)24-28-21/h9-12,19H,3-8,13-16H2,1-2H3. The van der Waals surface area contributed by atoms with Gasteiger partial charge in [-0.15, -0.1) is 0 Å². The summed E-state index contributed by atoms with van der Waals surface area (Å²) in [6.45, 7) is 6.27.